The predicted molar refractivity (Wildman–Crippen MR) is 96.4 cm³/mol. The minimum atomic E-state index is -0.206. The summed E-state index contributed by atoms with van der Waals surface area (Å²) < 4.78 is 7.91. The number of nitrogens with zero attached hydrogens (tertiary/aromatic N) is 2. The van der Waals surface area contributed by atoms with Gasteiger partial charge in [-0.1, -0.05) is 40.2 Å². The Balaban J connectivity index is 1.78. The smallest absolute Gasteiger partial charge is 0.256 e. The molecule has 122 valence electrons. The molecule has 0 aliphatic carbocycles. The van der Waals surface area contributed by atoms with Crippen molar-refractivity contribution in [1.82, 2.24) is 9.78 Å². The highest BCUT2D eigenvalue weighted by Crippen LogP contribution is 2.19. The monoisotopic (exact) mass is 385 g/mol. The summed E-state index contributed by atoms with van der Waals surface area (Å²) >= 11 is 3.53. The Bertz CT molecular complexity index is 861. The van der Waals surface area contributed by atoms with E-state index in [1.54, 1.807) is 48.3 Å². The van der Waals surface area contributed by atoms with Gasteiger partial charge in [0.2, 0.25) is 0 Å². The Morgan fingerprint density at radius 3 is 2.83 bits per heavy atom. The Kier molecular flexibility index (Phi) is 4.96. The summed E-state index contributed by atoms with van der Waals surface area (Å²) in [7, 11) is 1.57. The Labute approximate surface area is 148 Å². The number of halogens is 1. The van der Waals surface area contributed by atoms with Gasteiger partial charge < -0.3 is 10.1 Å². The lowest BCUT2D eigenvalue weighted by atomic mass is 10.2. The maximum atomic E-state index is 12.4. The van der Waals surface area contributed by atoms with Crippen molar-refractivity contribution in [2.24, 2.45) is 0 Å². The second-order valence-corrected chi connectivity index (χ2v) is 6.01. The zero-order chi connectivity index (χ0) is 16.9. The third-order valence-corrected chi connectivity index (χ3v) is 4.34. The third kappa shape index (κ3) is 3.65. The highest BCUT2D eigenvalue weighted by atomic mass is 79.9. The van der Waals surface area contributed by atoms with Crippen LogP contribution >= 0.6 is 15.9 Å². The van der Waals surface area contributed by atoms with Crippen molar-refractivity contribution in [3.63, 3.8) is 0 Å². The van der Waals surface area contributed by atoms with Crippen molar-refractivity contribution in [2.75, 3.05) is 12.4 Å². The van der Waals surface area contributed by atoms with Crippen molar-refractivity contribution in [2.45, 2.75) is 6.54 Å². The fourth-order valence-electron chi connectivity index (χ4n) is 2.31. The van der Waals surface area contributed by atoms with Gasteiger partial charge >= 0.3 is 0 Å². The Morgan fingerprint density at radius 2 is 2.04 bits per heavy atom. The lowest BCUT2D eigenvalue weighted by molar-refractivity contribution is 0.102. The van der Waals surface area contributed by atoms with E-state index in [9.17, 15) is 4.79 Å². The normalized spacial score (nSPS) is 10.4. The van der Waals surface area contributed by atoms with Crippen LogP contribution in [0.5, 0.6) is 5.75 Å². The van der Waals surface area contributed by atoms with Gasteiger partial charge in [-0.2, -0.15) is 5.10 Å². The molecule has 0 fully saturated rings. The van der Waals surface area contributed by atoms with Gasteiger partial charge in [0.05, 0.1) is 19.9 Å². The Hall–Kier alpha value is -2.60. The number of ether oxygens (including phenoxy) is 1. The molecule has 0 bridgehead atoms. The highest BCUT2D eigenvalue weighted by molar-refractivity contribution is 9.10. The van der Waals surface area contributed by atoms with E-state index in [1.165, 1.54) is 0 Å². The van der Waals surface area contributed by atoms with E-state index < -0.39 is 0 Å². The first-order chi connectivity index (χ1) is 11.7. The number of amides is 1. The zero-order valence-corrected chi connectivity index (χ0v) is 14.7. The molecule has 0 aliphatic heterocycles. The van der Waals surface area contributed by atoms with E-state index in [1.807, 2.05) is 24.3 Å². The third-order valence-electron chi connectivity index (χ3n) is 3.57. The summed E-state index contributed by atoms with van der Waals surface area (Å²) in [6.45, 7) is 0.558. The zero-order valence-electron chi connectivity index (χ0n) is 13.1. The molecule has 6 heteroatoms. The molecule has 0 unspecified atom stereocenters. The van der Waals surface area contributed by atoms with Crippen LogP contribution in [0.15, 0.2) is 65.3 Å². The average molecular weight is 386 g/mol. The van der Waals surface area contributed by atoms with Crippen LogP contribution in [-0.4, -0.2) is 22.8 Å². The lowest BCUT2D eigenvalue weighted by Gasteiger charge is -2.10. The van der Waals surface area contributed by atoms with Crippen LogP contribution in [-0.2, 0) is 6.54 Å². The molecular weight excluding hydrogens is 370 g/mol. The van der Waals surface area contributed by atoms with Crippen molar-refractivity contribution in [3.8, 4) is 5.75 Å². The second kappa shape index (κ2) is 7.31. The van der Waals surface area contributed by atoms with Crippen LogP contribution in [0.4, 0.5) is 5.82 Å². The first-order valence-corrected chi connectivity index (χ1v) is 8.17. The van der Waals surface area contributed by atoms with Gasteiger partial charge in [-0.15, -0.1) is 0 Å². The summed E-state index contributed by atoms with van der Waals surface area (Å²) in [5.74, 6) is 1.07. The maximum absolute atomic E-state index is 12.4. The Morgan fingerprint density at radius 1 is 1.21 bits per heavy atom. The summed E-state index contributed by atoms with van der Waals surface area (Å²) in [6.07, 6.45) is 1.66. The van der Waals surface area contributed by atoms with E-state index in [0.717, 1.165) is 10.0 Å². The SMILES string of the molecule is COc1cccc(C(=O)Nc2ccnn2Cc2ccccc2Br)c1. The first kappa shape index (κ1) is 16.3. The molecule has 24 heavy (non-hydrogen) atoms. The molecule has 0 saturated heterocycles. The summed E-state index contributed by atoms with van der Waals surface area (Å²) in [5, 5.41) is 7.18. The quantitative estimate of drug-likeness (QED) is 0.723. The van der Waals surface area contributed by atoms with Crippen LogP contribution in [0, 0.1) is 0 Å². The molecule has 0 spiro atoms. The van der Waals surface area contributed by atoms with Gasteiger partial charge in [0.1, 0.15) is 11.6 Å². The summed E-state index contributed by atoms with van der Waals surface area (Å²) in [6, 6.07) is 16.7. The number of carbonyl (C=O) groups excluding carboxylic acids is 1. The van der Waals surface area contributed by atoms with E-state index in [0.29, 0.717) is 23.7 Å². The van der Waals surface area contributed by atoms with Crippen molar-refractivity contribution < 1.29 is 9.53 Å². The minimum Gasteiger partial charge on any atom is -0.497 e. The molecule has 3 rings (SSSR count). The van der Waals surface area contributed by atoms with Crippen LogP contribution in [0.3, 0.4) is 0 Å². The molecule has 2 aromatic carbocycles. The number of benzene rings is 2. The standard InChI is InChI=1S/C18H16BrN3O2/c1-24-15-7-4-6-13(11-15)18(23)21-17-9-10-20-22(17)12-14-5-2-3-8-16(14)19/h2-11H,12H2,1H3,(H,21,23). The van der Waals surface area contributed by atoms with Gasteiger partial charge in [-0.05, 0) is 29.8 Å². The molecule has 1 N–H and O–H groups in total. The maximum Gasteiger partial charge on any atom is 0.256 e. The second-order valence-electron chi connectivity index (χ2n) is 5.15. The van der Waals surface area contributed by atoms with Gasteiger partial charge in [-0.25, -0.2) is 4.68 Å². The van der Waals surface area contributed by atoms with Crippen LogP contribution < -0.4 is 10.1 Å². The largest absolute Gasteiger partial charge is 0.497 e. The number of aromatic nitrogens is 2. The van der Waals surface area contributed by atoms with Gasteiger partial charge in [0.15, 0.2) is 0 Å². The molecule has 0 radical (unpaired) electrons. The van der Waals surface area contributed by atoms with Crippen molar-refractivity contribution >= 4 is 27.7 Å². The van der Waals surface area contributed by atoms with E-state index in [-0.39, 0.29) is 5.91 Å². The predicted octanol–water partition coefficient (Wildman–Crippen LogP) is 3.95. The number of hydrogen-bond acceptors (Lipinski definition) is 3. The molecule has 1 heterocycles. The lowest BCUT2D eigenvalue weighted by Crippen LogP contribution is -2.16. The number of methoxy groups -OCH3 is 1. The molecule has 3 aromatic rings. The van der Waals surface area contributed by atoms with Gasteiger partial charge in [-0.3, -0.25) is 4.79 Å². The van der Waals surface area contributed by atoms with Crippen molar-refractivity contribution in [1.29, 1.82) is 0 Å². The molecular formula is C18H16BrN3O2. The average Bonchev–Trinajstić information content (AvgIpc) is 3.04. The molecule has 1 amide bonds. The molecule has 0 saturated carbocycles. The summed E-state index contributed by atoms with van der Waals surface area (Å²) in [4.78, 5) is 12.4. The fourth-order valence-corrected chi connectivity index (χ4v) is 2.72. The molecule has 0 aliphatic rings. The van der Waals surface area contributed by atoms with Gasteiger partial charge in [0, 0.05) is 16.1 Å². The number of nitrogens with one attached hydrogen (secondary N) is 1. The van der Waals surface area contributed by atoms with Gasteiger partial charge in [0.25, 0.3) is 5.91 Å². The fraction of sp³-hybridized carbons (Fsp3) is 0.111. The molecule has 0 atom stereocenters. The van der Waals surface area contributed by atoms with E-state index in [2.05, 4.69) is 26.3 Å². The van der Waals surface area contributed by atoms with Crippen LogP contribution in [0.25, 0.3) is 0 Å². The van der Waals surface area contributed by atoms with Crippen LogP contribution in [0.2, 0.25) is 0 Å². The number of rotatable bonds is 5. The molecule has 5 nitrogen and oxygen atoms in total. The topological polar surface area (TPSA) is 56.1 Å². The summed E-state index contributed by atoms with van der Waals surface area (Å²) in [5.41, 5.74) is 1.61. The minimum absolute atomic E-state index is 0.206. The highest BCUT2D eigenvalue weighted by Gasteiger charge is 2.11. The van der Waals surface area contributed by atoms with E-state index >= 15 is 0 Å². The first-order valence-electron chi connectivity index (χ1n) is 7.38. The van der Waals surface area contributed by atoms with Crippen molar-refractivity contribution in [3.05, 3.63) is 76.4 Å². The van der Waals surface area contributed by atoms with Crippen LogP contribution in [0.1, 0.15) is 15.9 Å². The number of hydrogen-bond donors (Lipinski definition) is 1. The van der Waals surface area contributed by atoms with E-state index in [4.69, 9.17) is 4.74 Å². The number of anilines is 1. The number of carbonyl (C=O) groups is 1. The molecule has 1 aromatic heterocycles.